The smallest absolute Gasteiger partial charge is 0.0290 e. The Labute approximate surface area is 88.8 Å². The van der Waals surface area contributed by atoms with E-state index in [1.165, 1.54) is 0 Å². The molecule has 0 aromatic rings. The molecule has 1 nitrogen and oxygen atoms in total. The highest BCUT2D eigenvalue weighted by Gasteiger charge is 2.11. The molecule has 0 amide bonds. The van der Waals surface area contributed by atoms with Gasteiger partial charge in [-0.25, -0.2) is 0 Å². The van der Waals surface area contributed by atoms with Gasteiger partial charge in [0.25, 0.3) is 0 Å². The quantitative estimate of drug-likeness (QED) is 0.616. The molecule has 0 saturated carbocycles. The Kier molecular flexibility index (Phi) is 4.69. The summed E-state index contributed by atoms with van der Waals surface area (Å²) in [4.78, 5) is 2.10. The third kappa shape index (κ3) is 4.31. The lowest BCUT2D eigenvalue weighted by Gasteiger charge is -2.20. The second-order valence-electron chi connectivity index (χ2n) is 4.61. The van der Waals surface area contributed by atoms with E-state index in [2.05, 4.69) is 51.8 Å². The molecule has 0 rings (SSSR count). The van der Waals surface area contributed by atoms with Crippen molar-refractivity contribution in [3.8, 4) is 0 Å². The summed E-state index contributed by atoms with van der Waals surface area (Å²) >= 11 is 0. The van der Waals surface area contributed by atoms with Gasteiger partial charge in [0.05, 0.1) is 0 Å². The van der Waals surface area contributed by atoms with E-state index in [0.29, 0.717) is 0 Å². The van der Waals surface area contributed by atoms with Gasteiger partial charge in [-0.05, 0) is 24.0 Å². The Bertz CT molecular complexity index is 240. The minimum Gasteiger partial charge on any atom is -0.375 e. The molecule has 0 N–H and O–H groups in total. The highest BCUT2D eigenvalue weighted by Crippen LogP contribution is 2.24. The van der Waals surface area contributed by atoms with E-state index in [0.717, 1.165) is 17.8 Å². The lowest BCUT2D eigenvalue weighted by atomic mass is 9.87. The van der Waals surface area contributed by atoms with Crippen LogP contribution in [-0.2, 0) is 0 Å². The van der Waals surface area contributed by atoms with Crippen LogP contribution in [0.4, 0.5) is 0 Å². The van der Waals surface area contributed by atoms with Crippen molar-refractivity contribution in [3.63, 3.8) is 0 Å². The van der Waals surface area contributed by atoms with Crippen molar-refractivity contribution in [1.29, 1.82) is 0 Å². The van der Waals surface area contributed by atoms with Crippen molar-refractivity contribution < 1.29 is 0 Å². The summed E-state index contributed by atoms with van der Waals surface area (Å²) in [5.74, 6) is 0. The van der Waals surface area contributed by atoms with Crippen LogP contribution < -0.4 is 0 Å². The maximum absolute atomic E-state index is 4.04. The molecule has 0 aromatic carbocycles. The molecule has 0 aliphatic rings. The molecule has 0 spiro atoms. The van der Waals surface area contributed by atoms with Gasteiger partial charge in [0, 0.05) is 19.3 Å². The maximum atomic E-state index is 4.04. The molecule has 1 heteroatoms. The van der Waals surface area contributed by atoms with Gasteiger partial charge < -0.3 is 4.90 Å². The SMILES string of the molecule is C=C(/C=C\C(=C)C(C)(C)C)N(C)CC. The fourth-order valence-corrected chi connectivity index (χ4v) is 0.777. The van der Waals surface area contributed by atoms with E-state index in [-0.39, 0.29) is 5.41 Å². The monoisotopic (exact) mass is 193 g/mol. The van der Waals surface area contributed by atoms with Crippen molar-refractivity contribution >= 4 is 0 Å². The zero-order valence-corrected chi connectivity index (χ0v) is 10.2. The number of nitrogens with zero attached hydrogens (tertiary/aromatic N) is 1. The van der Waals surface area contributed by atoms with Crippen LogP contribution in [0.25, 0.3) is 0 Å². The van der Waals surface area contributed by atoms with Crippen LogP contribution in [0.15, 0.2) is 36.6 Å². The Hall–Kier alpha value is -0.980. The van der Waals surface area contributed by atoms with E-state index >= 15 is 0 Å². The first-order valence-electron chi connectivity index (χ1n) is 5.06. The molecule has 0 aliphatic carbocycles. The molecule has 0 bridgehead atoms. The third-order valence-corrected chi connectivity index (χ3v) is 2.40. The number of hydrogen-bond acceptors (Lipinski definition) is 1. The summed E-state index contributed by atoms with van der Waals surface area (Å²) in [6.45, 7) is 17.6. The van der Waals surface area contributed by atoms with Gasteiger partial charge in [0.15, 0.2) is 0 Å². The predicted molar refractivity (Wildman–Crippen MR) is 65.2 cm³/mol. The van der Waals surface area contributed by atoms with E-state index < -0.39 is 0 Å². The number of rotatable bonds is 4. The molecule has 0 fully saturated rings. The van der Waals surface area contributed by atoms with Gasteiger partial charge in [-0.15, -0.1) is 0 Å². The van der Waals surface area contributed by atoms with Gasteiger partial charge in [0.1, 0.15) is 0 Å². The summed E-state index contributed by atoms with van der Waals surface area (Å²) in [6.07, 6.45) is 4.07. The second kappa shape index (κ2) is 5.04. The molecule has 0 heterocycles. The Morgan fingerprint density at radius 1 is 1.21 bits per heavy atom. The van der Waals surface area contributed by atoms with Crippen LogP contribution in [0.2, 0.25) is 0 Å². The zero-order chi connectivity index (χ0) is 11.4. The van der Waals surface area contributed by atoms with Gasteiger partial charge in [0.2, 0.25) is 0 Å². The number of hydrogen-bond donors (Lipinski definition) is 0. The number of allylic oxidation sites excluding steroid dienone is 3. The molecule has 80 valence electrons. The lowest BCUT2D eigenvalue weighted by Crippen LogP contribution is -2.14. The van der Waals surface area contributed by atoms with E-state index in [1.54, 1.807) is 0 Å². The molecule has 0 radical (unpaired) electrons. The molecule has 14 heavy (non-hydrogen) atoms. The average Bonchev–Trinajstić information content (AvgIpc) is 2.10. The minimum atomic E-state index is 0.140. The van der Waals surface area contributed by atoms with Gasteiger partial charge >= 0.3 is 0 Å². The summed E-state index contributed by atoms with van der Waals surface area (Å²) in [7, 11) is 2.03. The summed E-state index contributed by atoms with van der Waals surface area (Å²) in [6, 6.07) is 0. The van der Waals surface area contributed by atoms with E-state index in [1.807, 2.05) is 13.1 Å². The Morgan fingerprint density at radius 2 is 1.71 bits per heavy atom. The van der Waals surface area contributed by atoms with Crippen LogP contribution in [0, 0.1) is 5.41 Å². The van der Waals surface area contributed by atoms with Crippen LogP contribution in [0.1, 0.15) is 27.7 Å². The predicted octanol–water partition coefficient (Wildman–Crippen LogP) is 3.61. The molecule has 0 unspecified atom stereocenters. The van der Waals surface area contributed by atoms with Crippen molar-refractivity contribution in [2.45, 2.75) is 27.7 Å². The molecular weight excluding hydrogens is 170 g/mol. The van der Waals surface area contributed by atoms with Crippen LogP contribution >= 0.6 is 0 Å². The molecule has 0 aromatic heterocycles. The average molecular weight is 193 g/mol. The van der Waals surface area contributed by atoms with Gasteiger partial charge in [-0.1, -0.05) is 40.0 Å². The molecular formula is C13H23N. The summed E-state index contributed by atoms with van der Waals surface area (Å²) in [5.41, 5.74) is 2.29. The normalized spacial score (nSPS) is 11.8. The Morgan fingerprint density at radius 3 is 2.07 bits per heavy atom. The fourth-order valence-electron chi connectivity index (χ4n) is 0.777. The van der Waals surface area contributed by atoms with E-state index in [4.69, 9.17) is 0 Å². The zero-order valence-electron chi connectivity index (χ0n) is 10.2. The topological polar surface area (TPSA) is 3.24 Å². The highest BCUT2D eigenvalue weighted by atomic mass is 15.1. The van der Waals surface area contributed by atoms with Crippen molar-refractivity contribution in [3.05, 3.63) is 36.6 Å². The number of likely N-dealkylation sites (N-methyl/N-ethyl adjacent to an activating group) is 1. The van der Waals surface area contributed by atoms with Crippen molar-refractivity contribution in [2.75, 3.05) is 13.6 Å². The third-order valence-electron chi connectivity index (χ3n) is 2.40. The highest BCUT2D eigenvalue weighted by molar-refractivity contribution is 5.27. The van der Waals surface area contributed by atoms with Crippen LogP contribution in [-0.4, -0.2) is 18.5 Å². The largest absolute Gasteiger partial charge is 0.375 e. The minimum absolute atomic E-state index is 0.140. The molecule has 0 saturated heterocycles. The molecule has 0 aliphatic heterocycles. The maximum Gasteiger partial charge on any atom is 0.0290 e. The first-order chi connectivity index (χ1) is 6.29. The van der Waals surface area contributed by atoms with E-state index in [9.17, 15) is 0 Å². The van der Waals surface area contributed by atoms with Crippen molar-refractivity contribution in [1.82, 2.24) is 4.90 Å². The summed E-state index contributed by atoms with van der Waals surface area (Å²) in [5, 5.41) is 0. The molecule has 0 atom stereocenters. The Balaban J connectivity index is 4.33. The summed E-state index contributed by atoms with van der Waals surface area (Å²) < 4.78 is 0. The van der Waals surface area contributed by atoms with Gasteiger partial charge in [-0.3, -0.25) is 0 Å². The van der Waals surface area contributed by atoms with Crippen LogP contribution in [0.5, 0.6) is 0 Å². The second-order valence-corrected chi connectivity index (χ2v) is 4.61. The van der Waals surface area contributed by atoms with Crippen molar-refractivity contribution in [2.24, 2.45) is 5.41 Å². The lowest BCUT2D eigenvalue weighted by molar-refractivity contribution is 0.457. The van der Waals surface area contributed by atoms with Gasteiger partial charge in [-0.2, -0.15) is 0 Å². The standard InChI is InChI=1S/C13H23N/c1-8-14(7)12(3)10-9-11(2)13(4,5)6/h9-10H,2-3,8H2,1,4-7H3/b10-9-. The first kappa shape index (κ1) is 13.0. The first-order valence-corrected chi connectivity index (χ1v) is 5.06. The van der Waals surface area contributed by atoms with Crippen LogP contribution in [0.3, 0.4) is 0 Å². The fraction of sp³-hybridized carbons (Fsp3) is 0.538.